The van der Waals surface area contributed by atoms with Gasteiger partial charge in [-0.2, -0.15) is 0 Å². The van der Waals surface area contributed by atoms with E-state index in [1.165, 1.54) is 0 Å². The van der Waals surface area contributed by atoms with E-state index >= 15 is 0 Å². The van der Waals surface area contributed by atoms with Crippen LogP contribution < -0.4 is 10.1 Å². The maximum absolute atomic E-state index is 5.79. The summed E-state index contributed by atoms with van der Waals surface area (Å²) in [7, 11) is 1.66. The molecule has 1 aliphatic heterocycles. The number of methoxy groups -OCH3 is 1. The van der Waals surface area contributed by atoms with Crippen LogP contribution in [0, 0.1) is 0 Å². The minimum absolute atomic E-state index is 0.224. The highest BCUT2D eigenvalue weighted by Gasteiger charge is 2.21. The van der Waals surface area contributed by atoms with Gasteiger partial charge in [0.25, 0.3) is 0 Å². The lowest BCUT2D eigenvalue weighted by atomic mass is 10.2. The third-order valence-electron chi connectivity index (χ3n) is 4.15. The number of rotatable bonds is 6. The maximum Gasteiger partial charge on any atom is 0.173 e. The van der Waals surface area contributed by atoms with E-state index in [9.17, 15) is 0 Å². The third-order valence-corrected chi connectivity index (χ3v) is 4.51. The lowest BCUT2D eigenvalue weighted by Crippen LogP contribution is -2.39. The van der Waals surface area contributed by atoms with E-state index < -0.39 is 0 Å². The van der Waals surface area contributed by atoms with Crippen molar-refractivity contribution < 1.29 is 9.47 Å². The van der Waals surface area contributed by atoms with Crippen molar-refractivity contribution >= 4 is 23.0 Å². The average molecular weight is 357 g/mol. The topological polar surface area (TPSA) is 46.6 Å². The fraction of sp³-hybridized carbons (Fsp3) is 0.368. The van der Waals surface area contributed by atoms with E-state index in [4.69, 9.17) is 21.7 Å². The van der Waals surface area contributed by atoms with Crippen LogP contribution >= 0.6 is 12.2 Å². The van der Waals surface area contributed by atoms with Gasteiger partial charge in [0.15, 0.2) is 5.11 Å². The first kappa shape index (κ1) is 17.6. The van der Waals surface area contributed by atoms with Gasteiger partial charge in [-0.1, -0.05) is 12.1 Å². The molecule has 1 N–H and O–H groups in total. The second-order valence-corrected chi connectivity index (χ2v) is 6.43. The summed E-state index contributed by atoms with van der Waals surface area (Å²) in [6.07, 6.45) is 6.06. The summed E-state index contributed by atoms with van der Waals surface area (Å²) in [6.45, 7) is 2.30. The predicted molar refractivity (Wildman–Crippen MR) is 103 cm³/mol. The number of pyridine rings is 1. The first-order valence-corrected chi connectivity index (χ1v) is 8.86. The van der Waals surface area contributed by atoms with Crippen molar-refractivity contribution in [1.29, 1.82) is 0 Å². The van der Waals surface area contributed by atoms with E-state index in [2.05, 4.69) is 21.3 Å². The molecule has 0 spiro atoms. The Labute approximate surface area is 154 Å². The Morgan fingerprint density at radius 2 is 2.32 bits per heavy atom. The van der Waals surface area contributed by atoms with Crippen LogP contribution in [-0.2, 0) is 11.3 Å². The summed E-state index contributed by atoms with van der Waals surface area (Å²) in [5.41, 5.74) is 2.03. The maximum atomic E-state index is 5.79. The molecule has 1 atom stereocenters. The zero-order valence-corrected chi connectivity index (χ0v) is 15.2. The monoisotopic (exact) mass is 357 g/mol. The summed E-state index contributed by atoms with van der Waals surface area (Å²) in [4.78, 5) is 6.34. The molecule has 1 fully saturated rings. The van der Waals surface area contributed by atoms with Gasteiger partial charge >= 0.3 is 0 Å². The van der Waals surface area contributed by atoms with Crippen molar-refractivity contribution in [2.45, 2.75) is 25.5 Å². The molecule has 1 aromatic heterocycles. The SMILES string of the molecule is COc1cccc(NC(=S)N(Cc2cccnc2)CC2CCCO2)c1. The molecule has 0 radical (unpaired) electrons. The minimum Gasteiger partial charge on any atom is -0.497 e. The molecule has 2 heterocycles. The first-order chi connectivity index (χ1) is 12.2. The standard InChI is InChI=1S/C19H23N3O2S/c1-23-17-7-2-6-16(11-17)21-19(25)22(14-18-8-4-10-24-18)13-15-5-3-9-20-12-15/h2-3,5-7,9,11-12,18H,4,8,10,13-14H2,1H3,(H,21,25). The van der Waals surface area contributed by atoms with Gasteiger partial charge < -0.3 is 19.7 Å². The molecule has 132 valence electrons. The zero-order chi connectivity index (χ0) is 17.5. The van der Waals surface area contributed by atoms with E-state index in [1.807, 2.05) is 36.5 Å². The van der Waals surface area contributed by atoms with E-state index in [0.29, 0.717) is 11.7 Å². The second kappa shape index (κ2) is 8.78. The molecule has 0 bridgehead atoms. The Bertz CT molecular complexity index is 690. The molecule has 6 heteroatoms. The molecule has 5 nitrogen and oxygen atoms in total. The van der Waals surface area contributed by atoms with Gasteiger partial charge in [-0.3, -0.25) is 4.98 Å². The second-order valence-electron chi connectivity index (χ2n) is 6.04. The van der Waals surface area contributed by atoms with Crippen LogP contribution in [0.4, 0.5) is 5.69 Å². The summed E-state index contributed by atoms with van der Waals surface area (Å²) >= 11 is 5.67. The van der Waals surface area contributed by atoms with Crippen LogP contribution in [0.3, 0.4) is 0 Å². The smallest absolute Gasteiger partial charge is 0.173 e. The Morgan fingerprint density at radius 1 is 1.40 bits per heavy atom. The Kier molecular flexibility index (Phi) is 6.19. The van der Waals surface area contributed by atoms with Gasteiger partial charge in [0.2, 0.25) is 0 Å². The van der Waals surface area contributed by atoms with E-state index in [1.54, 1.807) is 13.3 Å². The molecule has 0 aliphatic carbocycles. The van der Waals surface area contributed by atoms with E-state index in [0.717, 1.165) is 43.0 Å². The summed E-state index contributed by atoms with van der Waals surface area (Å²) < 4.78 is 11.1. The lowest BCUT2D eigenvalue weighted by Gasteiger charge is -2.28. The van der Waals surface area contributed by atoms with Gasteiger partial charge in [0, 0.05) is 43.8 Å². The van der Waals surface area contributed by atoms with Crippen LogP contribution in [-0.4, -0.2) is 41.4 Å². The fourth-order valence-corrected chi connectivity index (χ4v) is 3.13. The number of aromatic nitrogens is 1. The highest BCUT2D eigenvalue weighted by molar-refractivity contribution is 7.80. The quantitative estimate of drug-likeness (QED) is 0.799. The molecule has 1 unspecified atom stereocenters. The number of thiocarbonyl (C=S) groups is 1. The third kappa shape index (κ3) is 5.14. The predicted octanol–water partition coefficient (Wildman–Crippen LogP) is 3.47. The molecule has 2 aromatic rings. The van der Waals surface area contributed by atoms with Crippen molar-refractivity contribution in [2.24, 2.45) is 0 Å². The number of hydrogen-bond acceptors (Lipinski definition) is 4. The number of benzene rings is 1. The molecule has 1 aliphatic rings. The molecule has 1 saturated heterocycles. The van der Waals surface area contributed by atoms with Gasteiger partial charge in [0.1, 0.15) is 5.75 Å². The summed E-state index contributed by atoms with van der Waals surface area (Å²) in [5, 5.41) is 3.99. The van der Waals surface area contributed by atoms with E-state index in [-0.39, 0.29) is 6.10 Å². The number of hydrogen-bond donors (Lipinski definition) is 1. The zero-order valence-electron chi connectivity index (χ0n) is 14.4. The van der Waals surface area contributed by atoms with Gasteiger partial charge in [-0.25, -0.2) is 0 Å². The fourth-order valence-electron chi connectivity index (χ4n) is 2.87. The summed E-state index contributed by atoms with van der Waals surface area (Å²) in [6, 6.07) is 11.8. The highest BCUT2D eigenvalue weighted by atomic mass is 32.1. The van der Waals surface area contributed by atoms with Crippen LogP contribution in [0.1, 0.15) is 18.4 Å². The minimum atomic E-state index is 0.224. The molecular weight excluding hydrogens is 334 g/mol. The van der Waals surface area contributed by atoms with Gasteiger partial charge in [0.05, 0.1) is 13.2 Å². The summed E-state index contributed by atoms with van der Waals surface area (Å²) in [5.74, 6) is 0.797. The molecule has 0 saturated carbocycles. The normalized spacial score (nSPS) is 16.4. The Balaban J connectivity index is 1.70. The molecular formula is C19H23N3O2S. The van der Waals surface area contributed by atoms with Crippen molar-refractivity contribution in [3.63, 3.8) is 0 Å². The van der Waals surface area contributed by atoms with Crippen LogP contribution in [0.15, 0.2) is 48.8 Å². The Hall–Kier alpha value is -2.18. The molecule has 1 aromatic carbocycles. The number of ether oxygens (including phenoxy) is 2. The van der Waals surface area contributed by atoms with Gasteiger partial charge in [-0.15, -0.1) is 0 Å². The molecule has 3 rings (SSSR count). The van der Waals surface area contributed by atoms with Gasteiger partial charge in [-0.05, 0) is 48.8 Å². The van der Waals surface area contributed by atoms with Crippen molar-refractivity contribution in [3.05, 3.63) is 54.4 Å². The number of nitrogens with zero attached hydrogens (tertiary/aromatic N) is 2. The first-order valence-electron chi connectivity index (χ1n) is 8.45. The number of anilines is 1. The Morgan fingerprint density at radius 3 is 3.04 bits per heavy atom. The largest absolute Gasteiger partial charge is 0.497 e. The number of nitrogens with one attached hydrogen (secondary N) is 1. The van der Waals surface area contributed by atoms with Crippen molar-refractivity contribution in [1.82, 2.24) is 9.88 Å². The highest BCUT2D eigenvalue weighted by Crippen LogP contribution is 2.19. The van der Waals surface area contributed by atoms with Crippen molar-refractivity contribution in [2.75, 3.05) is 25.6 Å². The molecule has 0 amide bonds. The van der Waals surface area contributed by atoms with Crippen molar-refractivity contribution in [3.8, 4) is 5.75 Å². The average Bonchev–Trinajstić information content (AvgIpc) is 3.15. The van der Waals surface area contributed by atoms with Crippen LogP contribution in [0.2, 0.25) is 0 Å². The molecule has 25 heavy (non-hydrogen) atoms. The van der Waals surface area contributed by atoms with Crippen LogP contribution in [0.5, 0.6) is 5.75 Å². The van der Waals surface area contributed by atoms with Crippen LogP contribution in [0.25, 0.3) is 0 Å². The lowest BCUT2D eigenvalue weighted by molar-refractivity contribution is 0.0905.